The predicted octanol–water partition coefficient (Wildman–Crippen LogP) is 4.04. The van der Waals surface area contributed by atoms with Crippen molar-refractivity contribution in [1.29, 1.82) is 0 Å². The molecule has 0 saturated heterocycles. The first-order valence-electron chi connectivity index (χ1n) is 6.22. The summed E-state index contributed by atoms with van der Waals surface area (Å²) in [5.74, 6) is 0.187. The second kappa shape index (κ2) is 5.18. The molecule has 0 saturated carbocycles. The van der Waals surface area contributed by atoms with Gasteiger partial charge < -0.3 is 0 Å². The normalized spacial score (nSPS) is 10.4. The van der Waals surface area contributed by atoms with E-state index in [0.717, 1.165) is 16.7 Å². The second-order valence-corrected chi connectivity index (χ2v) is 4.90. The minimum absolute atomic E-state index is 0.187. The van der Waals surface area contributed by atoms with Crippen molar-refractivity contribution in [1.82, 2.24) is 0 Å². The van der Waals surface area contributed by atoms with Gasteiger partial charge in [0.05, 0.1) is 0 Å². The molecule has 0 radical (unpaired) electrons. The van der Waals surface area contributed by atoms with Gasteiger partial charge in [-0.15, -0.1) is 0 Å². The smallest absolute Gasteiger partial charge is 0.167 e. The van der Waals surface area contributed by atoms with Crippen molar-refractivity contribution in [2.45, 2.75) is 27.2 Å². The minimum atomic E-state index is 0.187. The number of aryl methyl sites for hydroxylation is 3. The van der Waals surface area contributed by atoms with Crippen LogP contribution in [0.15, 0.2) is 42.5 Å². The van der Waals surface area contributed by atoms with Crippen LogP contribution in [0, 0.1) is 20.8 Å². The fourth-order valence-electron chi connectivity index (χ4n) is 2.08. The zero-order valence-corrected chi connectivity index (χ0v) is 11.2. The standard InChI is InChI=1S/C17H18O/c1-12-5-4-6-15(9-12)17(18)11-16-10-13(2)7-8-14(16)3/h4-10H,11H2,1-3H3. The molecule has 0 atom stereocenters. The topological polar surface area (TPSA) is 17.1 Å². The lowest BCUT2D eigenvalue weighted by Gasteiger charge is -2.07. The van der Waals surface area contributed by atoms with Crippen LogP contribution in [0.4, 0.5) is 0 Å². The molecule has 0 spiro atoms. The molecule has 2 aromatic rings. The van der Waals surface area contributed by atoms with Gasteiger partial charge in [0, 0.05) is 12.0 Å². The van der Waals surface area contributed by atoms with Crippen LogP contribution in [0.5, 0.6) is 0 Å². The lowest BCUT2D eigenvalue weighted by atomic mass is 9.97. The average Bonchev–Trinajstić information content (AvgIpc) is 2.34. The molecule has 0 heterocycles. The number of rotatable bonds is 3. The highest BCUT2D eigenvalue weighted by molar-refractivity contribution is 5.97. The molecule has 0 aliphatic carbocycles. The molecular weight excluding hydrogens is 220 g/mol. The monoisotopic (exact) mass is 238 g/mol. The van der Waals surface area contributed by atoms with Crippen molar-refractivity contribution in [2.75, 3.05) is 0 Å². The summed E-state index contributed by atoms with van der Waals surface area (Å²) in [5.41, 5.74) is 5.44. The molecule has 0 bridgehead atoms. The summed E-state index contributed by atoms with van der Waals surface area (Å²) in [6.07, 6.45) is 0.483. The van der Waals surface area contributed by atoms with Crippen LogP contribution < -0.4 is 0 Å². The Kier molecular flexibility index (Phi) is 3.61. The summed E-state index contributed by atoms with van der Waals surface area (Å²) < 4.78 is 0. The van der Waals surface area contributed by atoms with Gasteiger partial charge in [0.1, 0.15) is 0 Å². The highest BCUT2D eigenvalue weighted by Gasteiger charge is 2.09. The van der Waals surface area contributed by atoms with E-state index in [2.05, 4.69) is 32.0 Å². The molecule has 0 unspecified atom stereocenters. The highest BCUT2D eigenvalue weighted by Crippen LogP contribution is 2.14. The molecule has 0 aromatic heterocycles. The number of ketones is 1. The Labute approximate surface area is 108 Å². The molecule has 1 nitrogen and oxygen atoms in total. The molecule has 2 aromatic carbocycles. The van der Waals surface area contributed by atoms with Gasteiger partial charge in [0.2, 0.25) is 0 Å². The van der Waals surface area contributed by atoms with Crippen LogP contribution in [-0.2, 0) is 6.42 Å². The first-order chi connectivity index (χ1) is 8.56. The van der Waals surface area contributed by atoms with E-state index in [1.807, 2.05) is 31.2 Å². The Morgan fingerprint density at radius 3 is 2.39 bits per heavy atom. The van der Waals surface area contributed by atoms with Gasteiger partial charge in [-0.1, -0.05) is 47.5 Å². The van der Waals surface area contributed by atoms with Crippen molar-refractivity contribution in [2.24, 2.45) is 0 Å². The van der Waals surface area contributed by atoms with Crippen molar-refractivity contribution in [3.8, 4) is 0 Å². The number of carbonyl (C=O) groups is 1. The summed E-state index contributed by atoms with van der Waals surface area (Å²) in [6.45, 7) is 6.12. The molecule has 0 fully saturated rings. The Bertz CT molecular complexity index is 582. The zero-order valence-electron chi connectivity index (χ0n) is 11.2. The summed E-state index contributed by atoms with van der Waals surface area (Å²) >= 11 is 0. The van der Waals surface area contributed by atoms with Gasteiger partial charge in [-0.3, -0.25) is 4.79 Å². The lowest BCUT2D eigenvalue weighted by molar-refractivity contribution is 0.0992. The van der Waals surface area contributed by atoms with Gasteiger partial charge in [0.25, 0.3) is 0 Å². The highest BCUT2D eigenvalue weighted by atomic mass is 16.1. The number of Topliss-reactive ketones (excluding diaryl/α,β-unsaturated/α-hetero) is 1. The molecule has 1 heteroatoms. The Morgan fingerprint density at radius 2 is 1.67 bits per heavy atom. The van der Waals surface area contributed by atoms with Crippen LogP contribution in [-0.4, -0.2) is 5.78 Å². The first-order valence-corrected chi connectivity index (χ1v) is 6.22. The third-order valence-corrected chi connectivity index (χ3v) is 3.20. The third kappa shape index (κ3) is 2.86. The zero-order chi connectivity index (χ0) is 13.1. The van der Waals surface area contributed by atoms with E-state index in [0.29, 0.717) is 6.42 Å². The van der Waals surface area contributed by atoms with E-state index in [-0.39, 0.29) is 5.78 Å². The largest absolute Gasteiger partial charge is 0.294 e. The van der Waals surface area contributed by atoms with Crippen molar-refractivity contribution in [3.63, 3.8) is 0 Å². The van der Waals surface area contributed by atoms with Gasteiger partial charge >= 0.3 is 0 Å². The fourth-order valence-corrected chi connectivity index (χ4v) is 2.08. The van der Waals surface area contributed by atoms with Crippen molar-refractivity contribution in [3.05, 3.63) is 70.3 Å². The van der Waals surface area contributed by atoms with E-state index in [4.69, 9.17) is 0 Å². The molecule has 0 N–H and O–H groups in total. The second-order valence-electron chi connectivity index (χ2n) is 4.90. The molecule has 92 valence electrons. The van der Waals surface area contributed by atoms with E-state index < -0.39 is 0 Å². The van der Waals surface area contributed by atoms with E-state index >= 15 is 0 Å². The summed E-state index contributed by atoms with van der Waals surface area (Å²) in [6, 6.07) is 14.0. The molecule has 0 aliphatic heterocycles. The summed E-state index contributed by atoms with van der Waals surface area (Å²) in [7, 11) is 0. The van der Waals surface area contributed by atoms with Gasteiger partial charge in [-0.05, 0) is 38.0 Å². The van der Waals surface area contributed by atoms with Crippen molar-refractivity contribution < 1.29 is 4.79 Å². The Hall–Kier alpha value is -1.89. The summed E-state index contributed by atoms with van der Waals surface area (Å²) in [5, 5.41) is 0. The van der Waals surface area contributed by atoms with Crippen LogP contribution in [0.2, 0.25) is 0 Å². The van der Waals surface area contributed by atoms with Gasteiger partial charge in [-0.2, -0.15) is 0 Å². The van der Waals surface area contributed by atoms with E-state index in [1.165, 1.54) is 11.1 Å². The van der Waals surface area contributed by atoms with Gasteiger partial charge in [0.15, 0.2) is 5.78 Å². The Morgan fingerprint density at radius 1 is 0.944 bits per heavy atom. The number of benzene rings is 2. The van der Waals surface area contributed by atoms with E-state index in [9.17, 15) is 4.79 Å². The maximum absolute atomic E-state index is 12.2. The SMILES string of the molecule is Cc1cccc(C(=O)Cc2cc(C)ccc2C)c1. The lowest BCUT2D eigenvalue weighted by Crippen LogP contribution is -2.05. The average molecular weight is 238 g/mol. The number of hydrogen-bond donors (Lipinski definition) is 0. The molecule has 18 heavy (non-hydrogen) atoms. The van der Waals surface area contributed by atoms with Crippen molar-refractivity contribution >= 4 is 5.78 Å². The van der Waals surface area contributed by atoms with Gasteiger partial charge in [-0.25, -0.2) is 0 Å². The maximum Gasteiger partial charge on any atom is 0.167 e. The maximum atomic E-state index is 12.2. The quantitative estimate of drug-likeness (QED) is 0.738. The van der Waals surface area contributed by atoms with Crippen LogP contribution in [0.1, 0.15) is 32.6 Å². The first kappa shape index (κ1) is 12.6. The number of hydrogen-bond acceptors (Lipinski definition) is 1. The number of carbonyl (C=O) groups excluding carboxylic acids is 1. The molecule has 2 rings (SSSR count). The van der Waals surface area contributed by atoms with E-state index in [1.54, 1.807) is 0 Å². The molecular formula is C17H18O. The van der Waals surface area contributed by atoms with Crippen LogP contribution in [0.25, 0.3) is 0 Å². The molecule has 0 aliphatic rings. The molecule has 0 amide bonds. The van der Waals surface area contributed by atoms with Crippen LogP contribution in [0.3, 0.4) is 0 Å². The third-order valence-electron chi connectivity index (χ3n) is 3.20. The van der Waals surface area contributed by atoms with Crippen LogP contribution >= 0.6 is 0 Å². The fraction of sp³-hybridized carbons (Fsp3) is 0.235. The summed E-state index contributed by atoms with van der Waals surface area (Å²) in [4.78, 5) is 12.2. The predicted molar refractivity (Wildman–Crippen MR) is 75.1 cm³/mol. The minimum Gasteiger partial charge on any atom is -0.294 e. The Balaban J connectivity index is 2.24.